The Kier molecular flexibility index (Phi) is 3.96. The third kappa shape index (κ3) is 2.62. The molecule has 2 heterocycles. The van der Waals surface area contributed by atoms with Crippen molar-refractivity contribution in [1.82, 2.24) is 14.7 Å². The van der Waals surface area contributed by atoms with Crippen LogP contribution in [0.15, 0.2) is 12.4 Å². The highest BCUT2D eigenvalue weighted by Gasteiger charge is 2.20. The minimum atomic E-state index is 0.354. The summed E-state index contributed by atoms with van der Waals surface area (Å²) in [6, 6.07) is 0.354. The smallest absolute Gasteiger partial charge is 0.0538 e. The summed E-state index contributed by atoms with van der Waals surface area (Å²) in [4.78, 5) is 2.52. The molecule has 1 atom stereocenters. The van der Waals surface area contributed by atoms with Crippen molar-refractivity contribution >= 4 is 0 Å². The normalized spacial score (nSPS) is 20.6. The van der Waals surface area contributed by atoms with E-state index in [1.54, 1.807) is 0 Å². The zero-order valence-corrected chi connectivity index (χ0v) is 10.1. The molecule has 0 bridgehead atoms. The van der Waals surface area contributed by atoms with Crippen LogP contribution in [-0.2, 0) is 7.05 Å². The molecule has 1 aliphatic heterocycles. The molecule has 0 saturated carbocycles. The van der Waals surface area contributed by atoms with Gasteiger partial charge in [0.2, 0.25) is 0 Å². The van der Waals surface area contributed by atoms with Gasteiger partial charge in [0, 0.05) is 25.4 Å². The van der Waals surface area contributed by atoms with E-state index in [1.165, 1.54) is 44.3 Å². The summed E-state index contributed by atoms with van der Waals surface area (Å²) in [5, 5.41) is 4.24. The van der Waals surface area contributed by atoms with Crippen LogP contribution in [0.3, 0.4) is 0 Å². The molecule has 1 fully saturated rings. The first-order valence-corrected chi connectivity index (χ1v) is 6.24. The van der Waals surface area contributed by atoms with Gasteiger partial charge in [-0.05, 0) is 25.9 Å². The predicted molar refractivity (Wildman–Crippen MR) is 65.0 cm³/mol. The molecule has 1 aromatic heterocycles. The van der Waals surface area contributed by atoms with Gasteiger partial charge in [-0.3, -0.25) is 9.58 Å². The van der Waals surface area contributed by atoms with E-state index in [0.717, 1.165) is 0 Å². The maximum absolute atomic E-state index is 5.92. The SMILES string of the molecule is Cn1cc(C(CN)N2CCCCCC2)cn1. The van der Waals surface area contributed by atoms with Crippen LogP contribution in [-0.4, -0.2) is 34.3 Å². The van der Waals surface area contributed by atoms with Gasteiger partial charge >= 0.3 is 0 Å². The van der Waals surface area contributed by atoms with Gasteiger partial charge in [-0.2, -0.15) is 5.10 Å². The molecule has 2 rings (SSSR count). The van der Waals surface area contributed by atoms with Gasteiger partial charge < -0.3 is 5.73 Å². The van der Waals surface area contributed by atoms with Gasteiger partial charge in [0.15, 0.2) is 0 Å². The number of aromatic nitrogens is 2. The van der Waals surface area contributed by atoms with E-state index in [-0.39, 0.29) is 0 Å². The third-order valence-electron chi connectivity index (χ3n) is 3.41. The van der Waals surface area contributed by atoms with E-state index in [1.807, 2.05) is 17.9 Å². The van der Waals surface area contributed by atoms with Gasteiger partial charge in [0.25, 0.3) is 0 Å². The number of likely N-dealkylation sites (tertiary alicyclic amines) is 1. The Bertz CT molecular complexity index is 313. The number of hydrogen-bond donors (Lipinski definition) is 1. The van der Waals surface area contributed by atoms with Crippen LogP contribution in [0.25, 0.3) is 0 Å². The Labute approximate surface area is 97.4 Å². The summed E-state index contributed by atoms with van der Waals surface area (Å²) in [5.74, 6) is 0. The monoisotopic (exact) mass is 222 g/mol. The highest BCUT2D eigenvalue weighted by molar-refractivity contribution is 5.11. The number of aryl methyl sites for hydroxylation is 1. The number of nitrogens with zero attached hydrogens (tertiary/aromatic N) is 3. The Morgan fingerprint density at radius 1 is 1.31 bits per heavy atom. The number of rotatable bonds is 3. The molecule has 4 heteroatoms. The first kappa shape index (κ1) is 11.6. The standard InChI is InChI=1S/C12H22N4/c1-15-10-11(9-14-15)12(8-13)16-6-4-2-3-5-7-16/h9-10,12H,2-8,13H2,1H3. The molecule has 1 unspecified atom stereocenters. The fraction of sp³-hybridized carbons (Fsp3) is 0.750. The van der Waals surface area contributed by atoms with Gasteiger partial charge in [-0.15, -0.1) is 0 Å². The summed E-state index contributed by atoms with van der Waals surface area (Å²) in [6.45, 7) is 3.04. The van der Waals surface area contributed by atoms with Crippen molar-refractivity contribution in [2.24, 2.45) is 12.8 Å². The molecule has 1 aromatic rings. The van der Waals surface area contributed by atoms with E-state index in [4.69, 9.17) is 5.73 Å². The average molecular weight is 222 g/mol. The van der Waals surface area contributed by atoms with E-state index in [9.17, 15) is 0 Å². The molecule has 1 aliphatic rings. The number of hydrogen-bond acceptors (Lipinski definition) is 3. The van der Waals surface area contributed by atoms with Crippen LogP contribution in [0.1, 0.15) is 37.3 Å². The molecule has 1 saturated heterocycles. The third-order valence-corrected chi connectivity index (χ3v) is 3.41. The fourth-order valence-electron chi connectivity index (χ4n) is 2.52. The van der Waals surface area contributed by atoms with Gasteiger partial charge in [0.1, 0.15) is 0 Å². The lowest BCUT2D eigenvalue weighted by molar-refractivity contribution is 0.209. The minimum Gasteiger partial charge on any atom is -0.329 e. The van der Waals surface area contributed by atoms with E-state index in [2.05, 4.69) is 16.2 Å². The zero-order chi connectivity index (χ0) is 11.4. The molecular weight excluding hydrogens is 200 g/mol. The first-order chi connectivity index (χ1) is 7.81. The van der Waals surface area contributed by atoms with Crippen LogP contribution >= 0.6 is 0 Å². The largest absolute Gasteiger partial charge is 0.329 e. The zero-order valence-electron chi connectivity index (χ0n) is 10.1. The van der Waals surface area contributed by atoms with Crippen molar-refractivity contribution in [2.45, 2.75) is 31.7 Å². The van der Waals surface area contributed by atoms with E-state index < -0.39 is 0 Å². The molecule has 0 amide bonds. The Morgan fingerprint density at radius 3 is 2.50 bits per heavy atom. The number of nitrogens with two attached hydrogens (primary N) is 1. The van der Waals surface area contributed by atoms with Crippen LogP contribution in [0.5, 0.6) is 0 Å². The lowest BCUT2D eigenvalue weighted by atomic mass is 10.1. The topological polar surface area (TPSA) is 47.1 Å². The lowest BCUT2D eigenvalue weighted by Gasteiger charge is -2.28. The molecule has 16 heavy (non-hydrogen) atoms. The molecular formula is C12H22N4. The summed E-state index contributed by atoms with van der Waals surface area (Å²) in [5.41, 5.74) is 7.17. The molecule has 2 N–H and O–H groups in total. The maximum atomic E-state index is 5.92. The Hall–Kier alpha value is -0.870. The van der Waals surface area contributed by atoms with Crippen molar-refractivity contribution in [3.63, 3.8) is 0 Å². The molecule has 0 radical (unpaired) electrons. The highest BCUT2D eigenvalue weighted by atomic mass is 15.3. The second-order valence-corrected chi connectivity index (χ2v) is 4.65. The van der Waals surface area contributed by atoms with E-state index in [0.29, 0.717) is 12.6 Å². The minimum absolute atomic E-state index is 0.354. The van der Waals surface area contributed by atoms with Crippen molar-refractivity contribution in [1.29, 1.82) is 0 Å². The van der Waals surface area contributed by atoms with Crippen LogP contribution in [0.2, 0.25) is 0 Å². The van der Waals surface area contributed by atoms with Crippen molar-refractivity contribution in [3.8, 4) is 0 Å². The van der Waals surface area contributed by atoms with Gasteiger partial charge in [-0.25, -0.2) is 0 Å². The molecule has 0 spiro atoms. The summed E-state index contributed by atoms with van der Waals surface area (Å²) < 4.78 is 1.86. The second kappa shape index (κ2) is 5.46. The Morgan fingerprint density at radius 2 is 2.00 bits per heavy atom. The summed E-state index contributed by atoms with van der Waals surface area (Å²) in [7, 11) is 1.96. The van der Waals surface area contributed by atoms with E-state index >= 15 is 0 Å². The quantitative estimate of drug-likeness (QED) is 0.838. The molecule has 0 aromatic carbocycles. The first-order valence-electron chi connectivity index (χ1n) is 6.24. The van der Waals surface area contributed by atoms with Gasteiger partial charge in [0.05, 0.1) is 12.2 Å². The summed E-state index contributed by atoms with van der Waals surface area (Å²) >= 11 is 0. The highest BCUT2D eigenvalue weighted by Crippen LogP contribution is 2.22. The lowest BCUT2D eigenvalue weighted by Crippen LogP contribution is -2.34. The molecule has 90 valence electrons. The van der Waals surface area contributed by atoms with Crippen LogP contribution in [0.4, 0.5) is 0 Å². The summed E-state index contributed by atoms with van der Waals surface area (Å²) in [6.07, 6.45) is 9.36. The second-order valence-electron chi connectivity index (χ2n) is 4.65. The molecule has 4 nitrogen and oxygen atoms in total. The Balaban J connectivity index is 2.08. The maximum Gasteiger partial charge on any atom is 0.0538 e. The van der Waals surface area contributed by atoms with Gasteiger partial charge in [-0.1, -0.05) is 12.8 Å². The van der Waals surface area contributed by atoms with Crippen molar-refractivity contribution in [3.05, 3.63) is 18.0 Å². The van der Waals surface area contributed by atoms with Crippen LogP contribution in [0, 0.1) is 0 Å². The average Bonchev–Trinajstić information content (AvgIpc) is 2.55. The predicted octanol–water partition coefficient (Wildman–Crippen LogP) is 1.30. The molecule has 0 aliphatic carbocycles. The fourth-order valence-corrected chi connectivity index (χ4v) is 2.52. The van der Waals surface area contributed by atoms with Crippen molar-refractivity contribution < 1.29 is 0 Å². The van der Waals surface area contributed by atoms with Crippen LogP contribution < -0.4 is 5.73 Å². The van der Waals surface area contributed by atoms with Crippen molar-refractivity contribution in [2.75, 3.05) is 19.6 Å².